The summed E-state index contributed by atoms with van der Waals surface area (Å²) in [5.74, 6) is 1.49. The van der Waals surface area contributed by atoms with E-state index in [-0.39, 0.29) is 6.03 Å². The maximum atomic E-state index is 11.4. The van der Waals surface area contributed by atoms with Gasteiger partial charge in [-0.15, -0.1) is 0 Å². The Bertz CT molecular complexity index is 183. The molecular weight excluding hydrogens is 164 g/mol. The van der Waals surface area contributed by atoms with Crippen LogP contribution in [0.3, 0.4) is 0 Å². The smallest absolute Gasteiger partial charge is 0.319 e. The zero-order valence-electron chi connectivity index (χ0n) is 9.08. The molecule has 1 aliphatic heterocycles. The SMILES string of the molecule is CC(C)CC1CN(C(=O)N(C)C)C1. The maximum absolute atomic E-state index is 11.4. The number of rotatable bonds is 2. The minimum absolute atomic E-state index is 0.153. The first-order valence-corrected chi connectivity index (χ1v) is 4.97. The molecule has 0 unspecified atom stereocenters. The molecule has 0 aliphatic carbocycles. The lowest BCUT2D eigenvalue weighted by atomic mass is 9.91. The normalized spacial score (nSPS) is 17.5. The fourth-order valence-electron chi connectivity index (χ4n) is 1.82. The van der Waals surface area contributed by atoms with Crippen molar-refractivity contribution >= 4 is 6.03 Å². The van der Waals surface area contributed by atoms with Crippen LogP contribution in [0.4, 0.5) is 4.79 Å². The molecule has 13 heavy (non-hydrogen) atoms. The first-order valence-electron chi connectivity index (χ1n) is 4.97. The van der Waals surface area contributed by atoms with Gasteiger partial charge in [0, 0.05) is 27.2 Å². The lowest BCUT2D eigenvalue weighted by Gasteiger charge is -2.41. The van der Waals surface area contributed by atoms with Gasteiger partial charge in [0.2, 0.25) is 0 Å². The minimum Gasteiger partial charge on any atom is -0.331 e. The molecule has 1 aliphatic rings. The average Bonchev–Trinajstić information content (AvgIpc) is 1.94. The Morgan fingerprint density at radius 2 is 2.00 bits per heavy atom. The van der Waals surface area contributed by atoms with Crippen molar-refractivity contribution in [2.24, 2.45) is 11.8 Å². The molecule has 0 spiro atoms. The van der Waals surface area contributed by atoms with Gasteiger partial charge in [-0.25, -0.2) is 4.79 Å². The van der Waals surface area contributed by atoms with E-state index in [0.29, 0.717) is 0 Å². The van der Waals surface area contributed by atoms with Gasteiger partial charge < -0.3 is 9.80 Å². The molecule has 3 nitrogen and oxygen atoms in total. The molecular formula is C10H20N2O. The number of hydrogen-bond donors (Lipinski definition) is 0. The lowest BCUT2D eigenvalue weighted by molar-refractivity contribution is 0.0910. The third-order valence-electron chi connectivity index (χ3n) is 2.42. The summed E-state index contributed by atoms with van der Waals surface area (Å²) < 4.78 is 0. The van der Waals surface area contributed by atoms with Crippen LogP contribution in [0.15, 0.2) is 0 Å². The van der Waals surface area contributed by atoms with Gasteiger partial charge in [-0.2, -0.15) is 0 Å². The zero-order chi connectivity index (χ0) is 10.0. The summed E-state index contributed by atoms with van der Waals surface area (Å²) in [7, 11) is 3.61. The molecule has 1 saturated heterocycles. The fraction of sp³-hybridized carbons (Fsp3) is 0.900. The van der Waals surface area contributed by atoms with Crippen molar-refractivity contribution in [2.75, 3.05) is 27.2 Å². The highest BCUT2D eigenvalue weighted by Crippen LogP contribution is 2.23. The van der Waals surface area contributed by atoms with Crippen LogP contribution in [0.5, 0.6) is 0 Å². The summed E-state index contributed by atoms with van der Waals surface area (Å²) in [6.07, 6.45) is 1.25. The summed E-state index contributed by atoms with van der Waals surface area (Å²) in [5, 5.41) is 0. The highest BCUT2D eigenvalue weighted by Gasteiger charge is 2.31. The molecule has 0 N–H and O–H groups in total. The number of nitrogens with zero attached hydrogens (tertiary/aromatic N) is 2. The van der Waals surface area contributed by atoms with Crippen molar-refractivity contribution in [3.63, 3.8) is 0 Å². The third kappa shape index (κ3) is 2.61. The van der Waals surface area contributed by atoms with E-state index in [1.165, 1.54) is 6.42 Å². The predicted molar refractivity (Wildman–Crippen MR) is 53.6 cm³/mol. The molecule has 0 bridgehead atoms. The van der Waals surface area contributed by atoms with Gasteiger partial charge in [-0.05, 0) is 18.3 Å². The van der Waals surface area contributed by atoms with Crippen molar-refractivity contribution < 1.29 is 4.79 Å². The quantitative estimate of drug-likeness (QED) is 0.640. The largest absolute Gasteiger partial charge is 0.331 e. The first kappa shape index (κ1) is 10.4. The third-order valence-corrected chi connectivity index (χ3v) is 2.42. The molecule has 0 atom stereocenters. The monoisotopic (exact) mass is 184 g/mol. The van der Waals surface area contributed by atoms with Crippen LogP contribution in [0, 0.1) is 11.8 Å². The van der Waals surface area contributed by atoms with Crippen molar-refractivity contribution in [1.82, 2.24) is 9.80 Å². The van der Waals surface area contributed by atoms with Crippen molar-refractivity contribution in [3.05, 3.63) is 0 Å². The van der Waals surface area contributed by atoms with Crippen molar-refractivity contribution in [1.29, 1.82) is 0 Å². The van der Waals surface area contributed by atoms with Crippen LogP contribution in [-0.4, -0.2) is 43.0 Å². The molecule has 1 fully saturated rings. The second kappa shape index (κ2) is 3.99. The molecule has 1 rings (SSSR count). The maximum Gasteiger partial charge on any atom is 0.319 e. The average molecular weight is 184 g/mol. The summed E-state index contributed by atoms with van der Waals surface area (Å²) in [6.45, 7) is 6.37. The van der Waals surface area contributed by atoms with Crippen LogP contribution in [0.2, 0.25) is 0 Å². The molecule has 0 aromatic carbocycles. The molecule has 0 radical (unpaired) electrons. The Kier molecular flexibility index (Phi) is 3.17. The standard InChI is InChI=1S/C10H20N2O/c1-8(2)5-9-6-12(7-9)10(13)11(3)4/h8-9H,5-7H2,1-4H3. The van der Waals surface area contributed by atoms with E-state index >= 15 is 0 Å². The van der Waals surface area contributed by atoms with Gasteiger partial charge in [0.15, 0.2) is 0 Å². The Morgan fingerprint density at radius 3 is 2.38 bits per heavy atom. The second-order valence-electron chi connectivity index (χ2n) is 4.58. The van der Waals surface area contributed by atoms with Gasteiger partial charge in [0.05, 0.1) is 0 Å². The second-order valence-corrected chi connectivity index (χ2v) is 4.58. The number of carbonyl (C=O) groups excluding carboxylic acids is 1. The van der Waals surface area contributed by atoms with Crippen LogP contribution in [-0.2, 0) is 0 Å². The zero-order valence-corrected chi connectivity index (χ0v) is 9.08. The van der Waals surface area contributed by atoms with Gasteiger partial charge >= 0.3 is 6.03 Å². The van der Waals surface area contributed by atoms with Crippen molar-refractivity contribution in [2.45, 2.75) is 20.3 Å². The highest BCUT2D eigenvalue weighted by atomic mass is 16.2. The number of likely N-dealkylation sites (tertiary alicyclic amines) is 1. The van der Waals surface area contributed by atoms with E-state index in [2.05, 4.69) is 13.8 Å². The summed E-state index contributed by atoms with van der Waals surface area (Å²) in [5.41, 5.74) is 0. The van der Waals surface area contributed by atoms with Gasteiger partial charge in [-0.3, -0.25) is 0 Å². The molecule has 0 aromatic heterocycles. The van der Waals surface area contributed by atoms with Crippen LogP contribution in [0.1, 0.15) is 20.3 Å². The Hall–Kier alpha value is -0.730. The Morgan fingerprint density at radius 1 is 1.46 bits per heavy atom. The van der Waals surface area contributed by atoms with Gasteiger partial charge in [-0.1, -0.05) is 13.8 Å². The van der Waals surface area contributed by atoms with E-state index in [1.807, 2.05) is 4.90 Å². The van der Waals surface area contributed by atoms with E-state index < -0.39 is 0 Å². The van der Waals surface area contributed by atoms with Crippen LogP contribution in [0.25, 0.3) is 0 Å². The number of carbonyl (C=O) groups is 1. The molecule has 2 amide bonds. The summed E-state index contributed by atoms with van der Waals surface area (Å²) in [4.78, 5) is 15.0. The topological polar surface area (TPSA) is 23.6 Å². The summed E-state index contributed by atoms with van der Waals surface area (Å²) in [6, 6.07) is 0.153. The molecule has 1 heterocycles. The fourth-order valence-corrected chi connectivity index (χ4v) is 1.82. The molecule has 0 aromatic rings. The summed E-state index contributed by atoms with van der Waals surface area (Å²) >= 11 is 0. The number of urea groups is 1. The Labute approximate surface area is 80.7 Å². The van der Waals surface area contributed by atoms with Crippen LogP contribution >= 0.6 is 0 Å². The van der Waals surface area contributed by atoms with Crippen LogP contribution < -0.4 is 0 Å². The lowest BCUT2D eigenvalue weighted by Crippen LogP contribution is -2.53. The van der Waals surface area contributed by atoms with Gasteiger partial charge in [0.25, 0.3) is 0 Å². The first-order chi connectivity index (χ1) is 6.00. The predicted octanol–water partition coefficient (Wildman–Crippen LogP) is 1.65. The van der Waals surface area contributed by atoms with E-state index in [4.69, 9.17) is 0 Å². The number of hydrogen-bond acceptors (Lipinski definition) is 1. The minimum atomic E-state index is 0.153. The number of amides is 2. The van der Waals surface area contributed by atoms with E-state index in [1.54, 1.807) is 19.0 Å². The molecule has 0 saturated carbocycles. The van der Waals surface area contributed by atoms with E-state index in [9.17, 15) is 4.79 Å². The highest BCUT2D eigenvalue weighted by molar-refractivity contribution is 5.74. The van der Waals surface area contributed by atoms with E-state index in [0.717, 1.165) is 24.9 Å². The molecule has 76 valence electrons. The molecule has 3 heteroatoms. The van der Waals surface area contributed by atoms with Crippen molar-refractivity contribution in [3.8, 4) is 0 Å². The Balaban J connectivity index is 2.22. The van der Waals surface area contributed by atoms with Gasteiger partial charge in [0.1, 0.15) is 0 Å².